The van der Waals surface area contributed by atoms with E-state index in [1.54, 1.807) is 6.92 Å². The van der Waals surface area contributed by atoms with Crippen LogP contribution >= 0.6 is 12.6 Å². The van der Waals surface area contributed by atoms with Gasteiger partial charge < -0.3 is 29.6 Å². The fraction of sp³-hybridized carbons (Fsp3) is 0.938. The van der Waals surface area contributed by atoms with Crippen LogP contribution in [0, 0.1) is 0 Å². The lowest BCUT2D eigenvalue weighted by atomic mass is 10.3. The first kappa shape index (κ1) is 24.6. The topological polar surface area (TPSA) is 78.1 Å². The first-order chi connectivity index (χ1) is 12.1. The van der Waals surface area contributed by atoms with Gasteiger partial charge in [0.05, 0.1) is 64.6 Å². The molecular formula is C16H33FN2O5S. The number of halogens is 1. The normalized spacial score (nSPS) is 13.6. The maximum absolute atomic E-state index is 13.4. The minimum atomic E-state index is -1.24. The van der Waals surface area contributed by atoms with E-state index in [0.717, 1.165) is 13.1 Å². The molecule has 0 saturated heterocycles. The van der Waals surface area contributed by atoms with Gasteiger partial charge in [-0.25, -0.2) is 4.39 Å². The Labute approximate surface area is 155 Å². The molecule has 0 saturated carbocycles. The highest BCUT2D eigenvalue weighted by atomic mass is 32.1. The summed E-state index contributed by atoms with van der Waals surface area (Å²) in [5, 5.41) is 5.16. The summed E-state index contributed by atoms with van der Waals surface area (Å²) in [5.41, 5.74) is 0. The fourth-order valence-corrected chi connectivity index (χ4v) is 1.70. The van der Waals surface area contributed by atoms with E-state index in [-0.39, 0.29) is 19.1 Å². The molecule has 2 atom stereocenters. The maximum Gasteiger partial charge on any atom is 0.232 e. The van der Waals surface area contributed by atoms with Gasteiger partial charge >= 0.3 is 0 Å². The average molecular weight is 385 g/mol. The summed E-state index contributed by atoms with van der Waals surface area (Å²) in [6, 6.07) is 0. The number of rotatable bonds is 18. The second-order valence-electron chi connectivity index (χ2n) is 5.28. The van der Waals surface area contributed by atoms with Gasteiger partial charge in [0.25, 0.3) is 0 Å². The van der Waals surface area contributed by atoms with Gasteiger partial charge in [0.15, 0.2) is 0 Å². The van der Waals surface area contributed by atoms with Gasteiger partial charge in [-0.3, -0.25) is 4.79 Å². The van der Waals surface area contributed by atoms with Gasteiger partial charge in [-0.2, -0.15) is 12.6 Å². The minimum absolute atomic E-state index is 0.0744. The molecule has 0 aliphatic carbocycles. The molecule has 0 bridgehead atoms. The molecule has 0 aliphatic rings. The van der Waals surface area contributed by atoms with E-state index in [0.29, 0.717) is 46.2 Å². The molecule has 0 aromatic rings. The van der Waals surface area contributed by atoms with E-state index in [9.17, 15) is 9.18 Å². The van der Waals surface area contributed by atoms with E-state index in [1.807, 2.05) is 0 Å². The third-order valence-corrected chi connectivity index (χ3v) is 3.20. The predicted molar refractivity (Wildman–Crippen MR) is 98.2 cm³/mol. The monoisotopic (exact) mass is 384 g/mol. The third kappa shape index (κ3) is 18.1. The highest BCUT2D eigenvalue weighted by Gasteiger charge is 2.11. The lowest BCUT2D eigenvalue weighted by Gasteiger charge is -2.12. The highest BCUT2D eigenvalue weighted by molar-refractivity contribution is 7.81. The smallest absolute Gasteiger partial charge is 0.232 e. The quantitative estimate of drug-likeness (QED) is 0.235. The lowest BCUT2D eigenvalue weighted by Crippen LogP contribution is -2.36. The summed E-state index contributed by atoms with van der Waals surface area (Å²) in [5.74, 6) is -0.294. The van der Waals surface area contributed by atoms with Gasteiger partial charge in [0, 0.05) is 6.54 Å². The molecule has 0 fully saturated rings. The van der Waals surface area contributed by atoms with Crippen LogP contribution in [0.4, 0.5) is 4.39 Å². The summed E-state index contributed by atoms with van der Waals surface area (Å²) in [4.78, 5) is 11.2. The number of nitrogens with one attached hydrogen (secondary N) is 2. The Morgan fingerprint density at radius 3 is 2.04 bits per heavy atom. The first-order valence-corrected chi connectivity index (χ1v) is 9.21. The minimum Gasteiger partial charge on any atom is -0.378 e. The number of likely N-dealkylation sites (N-methyl/N-ethyl adjacent to an activating group) is 1. The molecule has 7 nitrogen and oxygen atoms in total. The van der Waals surface area contributed by atoms with Crippen molar-refractivity contribution in [3.8, 4) is 0 Å². The zero-order valence-corrected chi connectivity index (χ0v) is 16.2. The van der Waals surface area contributed by atoms with Crippen molar-refractivity contribution in [1.29, 1.82) is 0 Å². The summed E-state index contributed by atoms with van der Waals surface area (Å²) in [7, 11) is 0. The summed E-state index contributed by atoms with van der Waals surface area (Å²) in [6.07, 6.45) is -1.24. The Morgan fingerprint density at radius 2 is 1.52 bits per heavy atom. The van der Waals surface area contributed by atoms with Crippen molar-refractivity contribution in [2.24, 2.45) is 0 Å². The zero-order chi connectivity index (χ0) is 18.8. The van der Waals surface area contributed by atoms with Gasteiger partial charge in [-0.05, 0) is 13.5 Å². The molecule has 1 amide bonds. The Hall–Kier alpha value is -0.450. The van der Waals surface area contributed by atoms with Gasteiger partial charge in [-0.15, -0.1) is 0 Å². The molecule has 25 heavy (non-hydrogen) atoms. The molecule has 0 aliphatic heterocycles. The molecule has 9 heteroatoms. The number of amides is 1. The van der Waals surface area contributed by atoms with E-state index in [4.69, 9.17) is 18.9 Å². The lowest BCUT2D eigenvalue weighted by molar-refractivity contribution is -0.120. The molecule has 0 rings (SSSR count). The van der Waals surface area contributed by atoms with E-state index >= 15 is 0 Å². The van der Waals surface area contributed by atoms with Crippen LogP contribution in [0.5, 0.6) is 0 Å². The second-order valence-corrected chi connectivity index (χ2v) is 6.06. The SMILES string of the molecule is CCNCCOCCOCCOCCOCC(F)CNC(=O)C(C)S. The van der Waals surface area contributed by atoms with E-state index < -0.39 is 11.4 Å². The largest absolute Gasteiger partial charge is 0.378 e. The Kier molecular flexibility index (Phi) is 18.0. The van der Waals surface area contributed by atoms with Crippen molar-refractivity contribution in [2.75, 3.05) is 72.5 Å². The number of ether oxygens (including phenoxy) is 4. The van der Waals surface area contributed by atoms with Gasteiger partial charge in [0.1, 0.15) is 6.17 Å². The van der Waals surface area contributed by atoms with Crippen molar-refractivity contribution < 1.29 is 28.1 Å². The first-order valence-electron chi connectivity index (χ1n) is 8.69. The highest BCUT2D eigenvalue weighted by Crippen LogP contribution is 1.95. The molecular weight excluding hydrogens is 351 g/mol. The Bertz CT molecular complexity index is 314. The Balaban J connectivity index is 3.19. The number of thiol groups is 1. The molecule has 0 aromatic heterocycles. The maximum atomic E-state index is 13.4. The van der Waals surface area contributed by atoms with Crippen LogP contribution in [0.3, 0.4) is 0 Å². The van der Waals surface area contributed by atoms with Crippen LogP contribution in [0.1, 0.15) is 13.8 Å². The van der Waals surface area contributed by atoms with Crippen molar-refractivity contribution in [3.05, 3.63) is 0 Å². The molecule has 0 heterocycles. The number of hydrogen-bond donors (Lipinski definition) is 3. The number of carbonyl (C=O) groups is 1. The van der Waals surface area contributed by atoms with Crippen LogP contribution in [0.2, 0.25) is 0 Å². The third-order valence-electron chi connectivity index (χ3n) is 2.97. The number of alkyl halides is 1. The molecule has 0 radical (unpaired) electrons. The molecule has 2 unspecified atom stereocenters. The van der Waals surface area contributed by atoms with Gasteiger partial charge in [0.2, 0.25) is 5.91 Å². The molecule has 0 spiro atoms. The number of carbonyl (C=O) groups excluding carboxylic acids is 1. The summed E-state index contributed by atoms with van der Waals surface area (Å²) in [6.45, 7) is 8.69. The zero-order valence-electron chi connectivity index (χ0n) is 15.3. The Morgan fingerprint density at radius 1 is 1.00 bits per heavy atom. The van der Waals surface area contributed by atoms with E-state index in [1.165, 1.54) is 0 Å². The van der Waals surface area contributed by atoms with Crippen molar-refractivity contribution in [1.82, 2.24) is 10.6 Å². The van der Waals surface area contributed by atoms with Crippen molar-refractivity contribution in [3.63, 3.8) is 0 Å². The van der Waals surface area contributed by atoms with Crippen molar-refractivity contribution in [2.45, 2.75) is 25.3 Å². The van der Waals surface area contributed by atoms with Crippen LogP contribution < -0.4 is 10.6 Å². The van der Waals surface area contributed by atoms with Gasteiger partial charge in [-0.1, -0.05) is 6.92 Å². The number of hydrogen-bond acceptors (Lipinski definition) is 7. The fourth-order valence-electron chi connectivity index (χ4n) is 1.61. The van der Waals surface area contributed by atoms with E-state index in [2.05, 4.69) is 30.2 Å². The van der Waals surface area contributed by atoms with Crippen LogP contribution in [0.15, 0.2) is 0 Å². The predicted octanol–water partition coefficient (Wildman–Crippen LogP) is 0.435. The molecule has 150 valence electrons. The molecule has 0 aromatic carbocycles. The van der Waals surface area contributed by atoms with Crippen molar-refractivity contribution >= 4 is 18.5 Å². The van der Waals surface area contributed by atoms with Crippen LogP contribution in [-0.2, 0) is 23.7 Å². The van der Waals surface area contributed by atoms with Crippen LogP contribution in [0.25, 0.3) is 0 Å². The molecule has 2 N–H and O–H groups in total. The second kappa shape index (κ2) is 18.3. The standard InChI is InChI=1S/C16H33FN2O5S/c1-3-18-4-5-21-6-7-22-8-9-23-10-11-24-13-15(17)12-19-16(20)14(2)25/h14-15,18,25H,3-13H2,1-2H3,(H,19,20). The van der Waals surface area contributed by atoms with Crippen LogP contribution in [-0.4, -0.2) is 89.8 Å². The average Bonchev–Trinajstić information content (AvgIpc) is 2.59. The summed E-state index contributed by atoms with van der Waals surface area (Å²) < 4.78 is 34.6. The summed E-state index contributed by atoms with van der Waals surface area (Å²) >= 11 is 3.96.